The molecule has 1 saturated carbocycles. The summed E-state index contributed by atoms with van der Waals surface area (Å²) in [7, 11) is 0. The van der Waals surface area contributed by atoms with Crippen LogP contribution in [0, 0.1) is 11.6 Å². The molecule has 1 amide bonds. The Labute approximate surface area is 109 Å². The van der Waals surface area contributed by atoms with Gasteiger partial charge in [-0.15, -0.1) is 11.6 Å². The minimum Gasteiger partial charge on any atom is -0.348 e. The van der Waals surface area contributed by atoms with Gasteiger partial charge in [-0.25, -0.2) is 8.78 Å². The minimum atomic E-state index is -1.02. The van der Waals surface area contributed by atoms with Crippen molar-refractivity contribution in [1.82, 2.24) is 5.32 Å². The number of rotatable bonds is 2. The van der Waals surface area contributed by atoms with Crippen molar-refractivity contribution in [3.63, 3.8) is 0 Å². The van der Waals surface area contributed by atoms with Gasteiger partial charge in [-0.3, -0.25) is 4.79 Å². The van der Waals surface area contributed by atoms with Gasteiger partial charge in [0.2, 0.25) is 0 Å². The summed E-state index contributed by atoms with van der Waals surface area (Å²) in [6.07, 6.45) is 3.77. The van der Waals surface area contributed by atoms with Crippen LogP contribution in [0.1, 0.15) is 36.0 Å². The van der Waals surface area contributed by atoms with Crippen LogP contribution in [0.25, 0.3) is 0 Å². The molecule has 1 aromatic carbocycles. The fourth-order valence-electron chi connectivity index (χ4n) is 2.14. The van der Waals surface area contributed by atoms with E-state index in [1.807, 2.05) is 0 Å². The predicted molar refractivity (Wildman–Crippen MR) is 65.7 cm³/mol. The van der Waals surface area contributed by atoms with E-state index in [0.717, 1.165) is 37.8 Å². The first-order chi connectivity index (χ1) is 8.58. The lowest BCUT2D eigenvalue weighted by Crippen LogP contribution is -2.42. The summed E-state index contributed by atoms with van der Waals surface area (Å²) in [5.74, 6) is -2.39. The van der Waals surface area contributed by atoms with Crippen LogP contribution >= 0.6 is 11.6 Å². The van der Waals surface area contributed by atoms with Gasteiger partial charge in [0.15, 0.2) is 11.6 Å². The number of nitrogens with one attached hydrogen (secondary N) is 1. The molecule has 2 nitrogen and oxygen atoms in total. The predicted octanol–water partition coefficient (Wildman–Crippen LogP) is 3.24. The van der Waals surface area contributed by atoms with Crippen LogP contribution in [0.15, 0.2) is 18.2 Å². The zero-order valence-electron chi connectivity index (χ0n) is 9.76. The largest absolute Gasteiger partial charge is 0.348 e. The monoisotopic (exact) mass is 273 g/mol. The van der Waals surface area contributed by atoms with E-state index in [2.05, 4.69) is 5.32 Å². The lowest BCUT2D eigenvalue weighted by Gasteiger charge is -2.27. The van der Waals surface area contributed by atoms with Gasteiger partial charge in [-0.05, 0) is 31.0 Å². The maximum absolute atomic E-state index is 13.0. The lowest BCUT2D eigenvalue weighted by molar-refractivity contribution is 0.0928. The molecule has 1 aliphatic rings. The zero-order valence-corrected chi connectivity index (χ0v) is 10.5. The first kappa shape index (κ1) is 13.3. The van der Waals surface area contributed by atoms with Crippen LogP contribution in [0.3, 0.4) is 0 Å². The molecule has 0 radical (unpaired) electrons. The topological polar surface area (TPSA) is 29.1 Å². The van der Waals surface area contributed by atoms with Crippen molar-refractivity contribution in [2.24, 2.45) is 0 Å². The van der Waals surface area contributed by atoms with Crippen LogP contribution in [0.4, 0.5) is 8.78 Å². The third-order valence-corrected chi connectivity index (χ3v) is 3.70. The molecule has 98 valence electrons. The van der Waals surface area contributed by atoms with Crippen molar-refractivity contribution in [2.75, 3.05) is 0 Å². The Morgan fingerprint density at radius 3 is 2.61 bits per heavy atom. The fourth-order valence-corrected chi connectivity index (χ4v) is 2.48. The van der Waals surface area contributed by atoms with Crippen molar-refractivity contribution >= 4 is 17.5 Å². The summed E-state index contributed by atoms with van der Waals surface area (Å²) < 4.78 is 25.8. The fraction of sp³-hybridized carbons (Fsp3) is 0.462. The first-order valence-electron chi connectivity index (χ1n) is 5.98. The molecule has 1 N–H and O–H groups in total. The summed E-state index contributed by atoms with van der Waals surface area (Å²) in [6, 6.07) is 3.01. The first-order valence-corrected chi connectivity index (χ1v) is 6.41. The molecule has 0 heterocycles. The van der Waals surface area contributed by atoms with Gasteiger partial charge >= 0.3 is 0 Å². The second kappa shape index (κ2) is 5.65. The molecule has 1 fully saturated rings. The zero-order chi connectivity index (χ0) is 13.1. The molecule has 2 atom stereocenters. The number of hydrogen-bond donors (Lipinski definition) is 1. The van der Waals surface area contributed by atoms with Crippen LogP contribution in [0.5, 0.6) is 0 Å². The average molecular weight is 274 g/mol. The normalized spacial score (nSPS) is 23.7. The molecular formula is C13H14ClF2NO. The number of hydrogen-bond acceptors (Lipinski definition) is 1. The molecule has 2 unspecified atom stereocenters. The molecule has 0 bridgehead atoms. The van der Waals surface area contributed by atoms with E-state index in [-0.39, 0.29) is 17.0 Å². The number of alkyl halides is 1. The van der Waals surface area contributed by atoms with Crippen LogP contribution in [-0.4, -0.2) is 17.3 Å². The van der Waals surface area contributed by atoms with Crippen LogP contribution < -0.4 is 5.32 Å². The maximum atomic E-state index is 13.0. The van der Waals surface area contributed by atoms with Crippen molar-refractivity contribution in [2.45, 2.75) is 37.1 Å². The average Bonchev–Trinajstić information content (AvgIpc) is 2.35. The Morgan fingerprint density at radius 2 is 1.94 bits per heavy atom. The van der Waals surface area contributed by atoms with E-state index in [0.29, 0.717) is 0 Å². The lowest BCUT2D eigenvalue weighted by atomic mass is 9.94. The van der Waals surface area contributed by atoms with E-state index in [9.17, 15) is 13.6 Å². The highest BCUT2D eigenvalue weighted by Gasteiger charge is 2.25. The van der Waals surface area contributed by atoms with Gasteiger partial charge in [0.25, 0.3) is 5.91 Å². The number of halogens is 3. The van der Waals surface area contributed by atoms with Gasteiger partial charge in [-0.1, -0.05) is 12.8 Å². The smallest absolute Gasteiger partial charge is 0.251 e. The molecule has 1 aliphatic carbocycles. The van der Waals surface area contributed by atoms with E-state index in [1.165, 1.54) is 6.07 Å². The summed E-state index contributed by atoms with van der Waals surface area (Å²) in [5, 5.41) is 2.68. The van der Waals surface area contributed by atoms with Crippen molar-refractivity contribution in [1.29, 1.82) is 0 Å². The summed E-state index contributed by atoms with van der Waals surface area (Å²) in [5.41, 5.74) is 0.114. The van der Waals surface area contributed by atoms with Crippen molar-refractivity contribution < 1.29 is 13.6 Å². The molecular weight excluding hydrogens is 260 g/mol. The van der Waals surface area contributed by atoms with Crippen LogP contribution in [0.2, 0.25) is 0 Å². The number of carbonyl (C=O) groups excluding carboxylic acids is 1. The Balaban J connectivity index is 2.04. The third-order valence-electron chi connectivity index (χ3n) is 3.18. The summed E-state index contributed by atoms with van der Waals surface area (Å²) >= 11 is 6.12. The number of benzene rings is 1. The maximum Gasteiger partial charge on any atom is 0.251 e. The molecule has 0 saturated heterocycles. The SMILES string of the molecule is O=C(NC1CCCCC1Cl)c1ccc(F)c(F)c1. The van der Waals surface area contributed by atoms with Gasteiger partial charge in [0.1, 0.15) is 0 Å². The van der Waals surface area contributed by atoms with Crippen molar-refractivity contribution in [3.05, 3.63) is 35.4 Å². The molecule has 5 heteroatoms. The number of carbonyl (C=O) groups is 1. The highest BCUT2D eigenvalue weighted by Crippen LogP contribution is 2.23. The van der Waals surface area contributed by atoms with E-state index < -0.39 is 17.5 Å². The van der Waals surface area contributed by atoms with Gasteiger partial charge in [0, 0.05) is 11.6 Å². The standard InChI is InChI=1S/C13H14ClF2NO/c14-9-3-1-2-4-12(9)17-13(18)8-5-6-10(15)11(16)7-8/h5-7,9,12H,1-4H2,(H,17,18). The Hall–Kier alpha value is -1.16. The molecule has 0 spiro atoms. The van der Waals surface area contributed by atoms with E-state index in [4.69, 9.17) is 11.6 Å². The summed E-state index contributed by atoms with van der Waals surface area (Å²) in [6.45, 7) is 0. The quantitative estimate of drug-likeness (QED) is 0.824. The van der Waals surface area contributed by atoms with Crippen LogP contribution in [-0.2, 0) is 0 Å². The minimum absolute atomic E-state index is 0.0898. The Morgan fingerprint density at radius 1 is 1.22 bits per heavy atom. The molecule has 2 rings (SSSR count). The molecule has 18 heavy (non-hydrogen) atoms. The van der Waals surface area contributed by atoms with E-state index in [1.54, 1.807) is 0 Å². The Bertz CT molecular complexity index is 453. The third kappa shape index (κ3) is 2.99. The Kier molecular flexibility index (Phi) is 4.17. The van der Waals surface area contributed by atoms with Crippen molar-refractivity contribution in [3.8, 4) is 0 Å². The van der Waals surface area contributed by atoms with Gasteiger partial charge in [-0.2, -0.15) is 0 Å². The second-order valence-corrected chi connectivity index (χ2v) is 5.07. The second-order valence-electron chi connectivity index (χ2n) is 4.51. The molecule has 0 aliphatic heterocycles. The molecule has 0 aromatic heterocycles. The highest BCUT2D eigenvalue weighted by atomic mass is 35.5. The summed E-state index contributed by atoms with van der Waals surface area (Å²) in [4.78, 5) is 11.9. The number of amides is 1. The highest BCUT2D eigenvalue weighted by molar-refractivity contribution is 6.21. The molecule has 1 aromatic rings. The van der Waals surface area contributed by atoms with Gasteiger partial charge < -0.3 is 5.32 Å². The van der Waals surface area contributed by atoms with Gasteiger partial charge in [0.05, 0.1) is 5.38 Å². The van der Waals surface area contributed by atoms with E-state index >= 15 is 0 Å².